The van der Waals surface area contributed by atoms with Crippen molar-refractivity contribution in [2.24, 2.45) is 0 Å². The number of carbonyl (C=O) groups is 1. The molecule has 0 spiro atoms. The van der Waals surface area contributed by atoms with E-state index in [4.69, 9.17) is 4.42 Å². The Morgan fingerprint density at radius 2 is 1.61 bits per heavy atom. The number of para-hydroxylation sites is 1. The average Bonchev–Trinajstić information content (AvgIpc) is 3.41. The highest BCUT2D eigenvalue weighted by Crippen LogP contribution is 2.32. The Morgan fingerprint density at radius 1 is 0.921 bits per heavy atom. The average molecular weight is 553 g/mol. The van der Waals surface area contributed by atoms with Crippen molar-refractivity contribution in [3.8, 4) is 11.5 Å². The molecular formula is C26H24N4O6S2. The van der Waals surface area contributed by atoms with Crippen molar-refractivity contribution < 1.29 is 26.0 Å². The van der Waals surface area contributed by atoms with E-state index in [1.165, 1.54) is 40.7 Å². The Balaban J connectivity index is 1.29. The zero-order chi connectivity index (χ0) is 26.9. The van der Waals surface area contributed by atoms with Crippen LogP contribution in [0.3, 0.4) is 0 Å². The Kier molecular flexibility index (Phi) is 6.76. The van der Waals surface area contributed by atoms with Gasteiger partial charge in [-0.05, 0) is 73.0 Å². The molecular weight excluding hydrogens is 528 g/mol. The summed E-state index contributed by atoms with van der Waals surface area (Å²) in [6.45, 7) is 1.95. The molecule has 0 atom stereocenters. The van der Waals surface area contributed by atoms with E-state index < -0.39 is 25.8 Å². The number of hydrogen-bond donors (Lipinski definition) is 1. The van der Waals surface area contributed by atoms with Gasteiger partial charge in [-0.15, -0.1) is 5.10 Å². The van der Waals surface area contributed by atoms with E-state index in [2.05, 4.69) is 15.5 Å². The van der Waals surface area contributed by atoms with E-state index in [1.54, 1.807) is 25.1 Å². The first-order chi connectivity index (χ1) is 18.2. The molecule has 0 radical (unpaired) electrons. The predicted octanol–water partition coefficient (Wildman–Crippen LogP) is 3.92. The number of rotatable bonds is 7. The number of benzene rings is 3. The van der Waals surface area contributed by atoms with Crippen LogP contribution in [0.5, 0.6) is 0 Å². The van der Waals surface area contributed by atoms with Crippen LogP contribution in [0.15, 0.2) is 87.0 Å². The van der Waals surface area contributed by atoms with E-state index >= 15 is 0 Å². The van der Waals surface area contributed by atoms with E-state index in [1.807, 2.05) is 18.2 Å². The van der Waals surface area contributed by atoms with Gasteiger partial charge in [0.25, 0.3) is 15.9 Å². The van der Waals surface area contributed by atoms with Crippen LogP contribution in [-0.2, 0) is 26.3 Å². The highest BCUT2D eigenvalue weighted by molar-refractivity contribution is 7.92. The second-order valence-corrected chi connectivity index (χ2v) is 12.8. The molecule has 1 aliphatic rings. The second kappa shape index (κ2) is 10.0. The van der Waals surface area contributed by atoms with Gasteiger partial charge in [0, 0.05) is 17.7 Å². The Bertz CT molecular complexity index is 1700. The van der Waals surface area contributed by atoms with Crippen molar-refractivity contribution in [3.05, 3.63) is 83.9 Å². The van der Waals surface area contributed by atoms with E-state index in [0.29, 0.717) is 17.8 Å². The summed E-state index contributed by atoms with van der Waals surface area (Å²) in [4.78, 5) is 13.0. The van der Waals surface area contributed by atoms with Crippen molar-refractivity contribution in [2.45, 2.75) is 29.6 Å². The molecule has 4 aromatic rings. The first-order valence-corrected chi connectivity index (χ1v) is 15.0. The van der Waals surface area contributed by atoms with Crippen LogP contribution in [0, 0.1) is 0 Å². The molecule has 0 fully saturated rings. The molecule has 12 heteroatoms. The summed E-state index contributed by atoms with van der Waals surface area (Å²) < 4.78 is 57.5. The number of amides is 1. The van der Waals surface area contributed by atoms with Gasteiger partial charge < -0.3 is 4.42 Å². The lowest BCUT2D eigenvalue weighted by Crippen LogP contribution is -2.35. The smallest absolute Gasteiger partial charge is 0.322 e. The maximum absolute atomic E-state index is 13.3. The SMILES string of the molecule is CCS(=O)(=O)c1ccc(-c2nnc(NC(=O)c3ccc(S(=O)(=O)N4CCCc5ccccc54)cc3)o2)cc1. The minimum atomic E-state index is -3.80. The molecule has 0 bridgehead atoms. The summed E-state index contributed by atoms with van der Waals surface area (Å²) in [5.41, 5.74) is 2.35. The van der Waals surface area contributed by atoms with Crippen molar-refractivity contribution in [1.82, 2.24) is 10.2 Å². The molecule has 10 nitrogen and oxygen atoms in total. The fraction of sp³-hybridized carbons (Fsp3) is 0.192. The number of aromatic nitrogens is 2. The van der Waals surface area contributed by atoms with Crippen LogP contribution in [0.1, 0.15) is 29.3 Å². The molecule has 38 heavy (non-hydrogen) atoms. The number of aryl methyl sites for hydroxylation is 1. The number of fused-ring (bicyclic) bond motifs is 1. The molecule has 3 aromatic carbocycles. The van der Waals surface area contributed by atoms with E-state index in [-0.39, 0.29) is 33.0 Å². The number of anilines is 2. The number of sulfonamides is 1. The number of nitrogens with zero attached hydrogens (tertiary/aromatic N) is 3. The Morgan fingerprint density at radius 3 is 2.32 bits per heavy atom. The topological polar surface area (TPSA) is 140 Å². The minimum Gasteiger partial charge on any atom is -0.403 e. The molecule has 0 saturated carbocycles. The summed E-state index contributed by atoms with van der Waals surface area (Å²) in [5.74, 6) is -0.469. The molecule has 2 heterocycles. The predicted molar refractivity (Wildman–Crippen MR) is 141 cm³/mol. The van der Waals surface area contributed by atoms with Gasteiger partial charge in [0.05, 0.1) is 21.2 Å². The second-order valence-electron chi connectivity index (χ2n) is 8.63. The maximum Gasteiger partial charge on any atom is 0.322 e. The fourth-order valence-electron chi connectivity index (χ4n) is 4.19. The highest BCUT2D eigenvalue weighted by Gasteiger charge is 2.29. The molecule has 1 amide bonds. The lowest BCUT2D eigenvalue weighted by atomic mass is 10.0. The zero-order valence-electron chi connectivity index (χ0n) is 20.4. The Labute approximate surface area is 220 Å². The van der Waals surface area contributed by atoms with E-state index in [9.17, 15) is 21.6 Å². The highest BCUT2D eigenvalue weighted by atomic mass is 32.2. The largest absolute Gasteiger partial charge is 0.403 e. The molecule has 196 valence electrons. The molecule has 1 aromatic heterocycles. The van der Waals surface area contributed by atoms with Crippen LogP contribution >= 0.6 is 0 Å². The summed E-state index contributed by atoms with van der Waals surface area (Å²) in [6.07, 6.45) is 1.55. The van der Waals surface area contributed by atoms with Gasteiger partial charge in [0.2, 0.25) is 5.89 Å². The molecule has 0 saturated heterocycles. The van der Waals surface area contributed by atoms with Gasteiger partial charge in [0.15, 0.2) is 9.84 Å². The first-order valence-electron chi connectivity index (χ1n) is 11.9. The van der Waals surface area contributed by atoms with Gasteiger partial charge in [-0.1, -0.05) is 30.2 Å². The van der Waals surface area contributed by atoms with Gasteiger partial charge >= 0.3 is 6.01 Å². The zero-order valence-corrected chi connectivity index (χ0v) is 22.0. The van der Waals surface area contributed by atoms with Crippen molar-refractivity contribution in [3.63, 3.8) is 0 Å². The van der Waals surface area contributed by atoms with E-state index in [0.717, 1.165) is 18.4 Å². The number of nitrogens with one attached hydrogen (secondary N) is 1. The Hall–Kier alpha value is -4.03. The summed E-state index contributed by atoms with van der Waals surface area (Å²) in [5, 5.41) is 10.2. The molecule has 1 aliphatic heterocycles. The van der Waals surface area contributed by atoms with Gasteiger partial charge in [-0.2, -0.15) is 0 Å². The maximum atomic E-state index is 13.3. The third kappa shape index (κ3) is 4.92. The minimum absolute atomic E-state index is 0.0117. The lowest BCUT2D eigenvalue weighted by molar-refractivity contribution is 0.102. The quantitative estimate of drug-likeness (QED) is 0.364. The molecule has 0 aliphatic carbocycles. The van der Waals surface area contributed by atoms with Gasteiger partial charge in [-0.25, -0.2) is 16.8 Å². The summed E-state index contributed by atoms with van der Waals surface area (Å²) in [7, 11) is -7.13. The number of hydrogen-bond acceptors (Lipinski definition) is 8. The summed E-state index contributed by atoms with van der Waals surface area (Å²) >= 11 is 0. The normalized spacial score (nSPS) is 13.7. The van der Waals surface area contributed by atoms with Crippen molar-refractivity contribution in [1.29, 1.82) is 0 Å². The number of sulfone groups is 1. The molecule has 1 N–H and O–H groups in total. The lowest BCUT2D eigenvalue weighted by Gasteiger charge is -2.30. The van der Waals surface area contributed by atoms with Gasteiger partial charge in [-0.3, -0.25) is 14.4 Å². The third-order valence-corrected chi connectivity index (χ3v) is 9.84. The van der Waals surface area contributed by atoms with Crippen LogP contribution in [-0.4, -0.2) is 45.2 Å². The molecule has 5 rings (SSSR count). The fourth-order valence-corrected chi connectivity index (χ4v) is 6.61. The number of carbonyl (C=O) groups excluding carboxylic acids is 1. The van der Waals surface area contributed by atoms with Crippen LogP contribution in [0.2, 0.25) is 0 Å². The van der Waals surface area contributed by atoms with Crippen molar-refractivity contribution >= 4 is 37.5 Å². The third-order valence-electron chi connectivity index (χ3n) is 6.26. The van der Waals surface area contributed by atoms with Crippen LogP contribution < -0.4 is 9.62 Å². The summed E-state index contributed by atoms with van der Waals surface area (Å²) in [6, 6.07) is 18.9. The van der Waals surface area contributed by atoms with Crippen LogP contribution in [0.4, 0.5) is 11.7 Å². The van der Waals surface area contributed by atoms with Crippen molar-refractivity contribution in [2.75, 3.05) is 21.9 Å². The first kappa shape index (κ1) is 25.6. The van der Waals surface area contributed by atoms with Gasteiger partial charge in [0.1, 0.15) is 0 Å². The molecule has 0 unspecified atom stereocenters. The van der Waals surface area contributed by atoms with Crippen LogP contribution in [0.25, 0.3) is 11.5 Å². The standard InChI is InChI=1S/C26H24N4O6S2/c1-2-37(32,33)21-13-11-20(12-14-21)25-28-29-26(36-25)27-24(31)19-9-15-22(16-10-19)38(34,35)30-17-5-7-18-6-3-4-8-23(18)30/h3-4,6,8-16H,2,5,7,17H2,1H3,(H,27,29,31). The monoisotopic (exact) mass is 552 g/mol.